The number of hydrogen-bond donors (Lipinski definition) is 1. The van der Waals surface area contributed by atoms with Gasteiger partial charge in [0.2, 0.25) is 0 Å². The molecule has 0 aliphatic carbocycles. The molecule has 0 amide bonds. The number of anilines is 1. The third-order valence-corrected chi connectivity index (χ3v) is 3.11. The lowest BCUT2D eigenvalue weighted by molar-refractivity contribution is 0.748. The molecular formula is C11H16ClN5. The number of hydrogen-bond acceptors (Lipinski definition) is 4. The summed E-state index contributed by atoms with van der Waals surface area (Å²) in [6, 6.07) is 1.96. The Morgan fingerprint density at radius 2 is 2.35 bits per heavy atom. The number of fused-ring (bicyclic) bond motifs is 1. The van der Waals surface area contributed by atoms with Gasteiger partial charge in [-0.05, 0) is 19.8 Å². The van der Waals surface area contributed by atoms with Gasteiger partial charge in [0.1, 0.15) is 12.1 Å². The maximum atomic E-state index is 6.07. The minimum absolute atomic E-state index is 0.219. The zero-order valence-electron chi connectivity index (χ0n) is 10.0. The predicted molar refractivity (Wildman–Crippen MR) is 68.6 cm³/mol. The van der Waals surface area contributed by atoms with E-state index in [-0.39, 0.29) is 5.38 Å². The van der Waals surface area contributed by atoms with Crippen molar-refractivity contribution in [2.45, 2.75) is 32.1 Å². The van der Waals surface area contributed by atoms with Crippen molar-refractivity contribution < 1.29 is 0 Å². The Balaban J connectivity index is 2.09. The van der Waals surface area contributed by atoms with Gasteiger partial charge < -0.3 is 5.32 Å². The van der Waals surface area contributed by atoms with Crippen LogP contribution in [-0.4, -0.2) is 31.5 Å². The van der Waals surface area contributed by atoms with Crippen LogP contribution in [0.2, 0.25) is 0 Å². The quantitative estimate of drug-likeness (QED) is 0.831. The summed E-state index contributed by atoms with van der Waals surface area (Å²) in [5, 5.41) is 7.66. The molecule has 1 unspecified atom stereocenters. The molecule has 0 fully saturated rings. The van der Waals surface area contributed by atoms with Crippen LogP contribution in [0.5, 0.6) is 0 Å². The Hall–Kier alpha value is -1.36. The van der Waals surface area contributed by atoms with Gasteiger partial charge in [0.05, 0.1) is 0 Å². The molecule has 17 heavy (non-hydrogen) atoms. The third-order valence-electron chi connectivity index (χ3n) is 2.59. The number of nitrogens with zero attached hydrogens (tertiary/aromatic N) is 4. The monoisotopic (exact) mass is 253 g/mol. The van der Waals surface area contributed by atoms with Crippen LogP contribution in [0, 0.1) is 6.92 Å². The van der Waals surface area contributed by atoms with Crippen molar-refractivity contribution in [2.24, 2.45) is 0 Å². The van der Waals surface area contributed by atoms with Crippen LogP contribution < -0.4 is 5.32 Å². The van der Waals surface area contributed by atoms with Crippen LogP contribution in [0.1, 0.15) is 25.5 Å². The first-order valence-corrected chi connectivity index (χ1v) is 6.19. The lowest BCUT2D eigenvalue weighted by Gasteiger charge is -2.10. The van der Waals surface area contributed by atoms with E-state index in [9.17, 15) is 0 Å². The second-order valence-corrected chi connectivity index (χ2v) is 4.59. The van der Waals surface area contributed by atoms with Crippen LogP contribution >= 0.6 is 11.6 Å². The van der Waals surface area contributed by atoms with Crippen molar-refractivity contribution >= 4 is 23.2 Å². The highest BCUT2D eigenvalue weighted by Gasteiger charge is 2.06. The maximum absolute atomic E-state index is 6.07. The summed E-state index contributed by atoms with van der Waals surface area (Å²) in [4.78, 5) is 8.35. The smallest absolute Gasteiger partial charge is 0.254 e. The molecule has 1 N–H and O–H groups in total. The first-order chi connectivity index (χ1) is 8.20. The number of alkyl halides is 1. The molecule has 0 aliphatic heterocycles. The highest BCUT2D eigenvalue weighted by Crippen LogP contribution is 2.11. The molecule has 92 valence electrons. The lowest BCUT2D eigenvalue weighted by atomic mass is 10.2. The second-order valence-electron chi connectivity index (χ2n) is 3.98. The zero-order valence-corrected chi connectivity index (χ0v) is 10.8. The van der Waals surface area contributed by atoms with Crippen LogP contribution in [-0.2, 0) is 0 Å². The average Bonchev–Trinajstić information content (AvgIpc) is 2.76. The van der Waals surface area contributed by atoms with Crippen LogP contribution in [0.25, 0.3) is 5.78 Å². The van der Waals surface area contributed by atoms with Gasteiger partial charge in [-0.1, -0.05) is 6.92 Å². The Bertz CT molecular complexity index is 496. The molecule has 0 aromatic carbocycles. The molecule has 2 aromatic rings. The van der Waals surface area contributed by atoms with Crippen molar-refractivity contribution in [1.82, 2.24) is 19.6 Å². The first kappa shape index (κ1) is 12.1. The van der Waals surface area contributed by atoms with E-state index < -0.39 is 0 Å². The van der Waals surface area contributed by atoms with E-state index in [1.165, 1.54) is 6.33 Å². The van der Waals surface area contributed by atoms with Gasteiger partial charge in [-0.25, -0.2) is 4.98 Å². The van der Waals surface area contributed by atoms with Crippen molar-refractivity contribution in [3.05, 3.63) is 18.1 Å². The van der Waals surface area contributed by atoms with Crippen molar-refractivity contribution in [3.8, 4) is 0 Å². The SMILES string of the molecule is CCC(Cl)CCNc1cc(C)nc2ncnn12. The molecule has 0 radical (unpaired) electrons. The Morgan fingerprint density at radius 1 is 1.53 bits per heavy atom. The highest BCUT2D eigenvalue weighted by atomic mass is 35.5. The molecule has 5 nitrogen and oxygen atoms in total. The van der Waals surface area contributed by atoms with Crippen molar-refractivity contribution in [1.29, 1.82) is 0 Å². The fraction of sp³-hybridized carbons (Fsp3) is 0.545. The Labute approximate surface area is 105 Å². The number of aromatic nitrogens is 4. The summed E-state index contributed by atoms with van der Waals surface area (Å²) in [6.45, 7) is 4.85. The maximum Gasteiger partial charge on any atom is 0.254 e. The Morgan fingerprint density at radius 3 is 3.12 bits per heavy atom. The molecule has 6 heteroatoms. The summed E-state index contributed by atoms with van der Waals surface area (Å²) in [5.74, 6) is 1.52. The van der Waals surface area contributed by atoms with Crippen LogP contribution in [0.15, 0.2) is 12.4 Å². The summed E-state index contributed by atoms with van der Waals surface area (Å²) >= 11 is 6.07. The van der Waals surface area contributed by atoms with Gasteiger partial charge in [0, 0.05) is 23.7 Å². The van der Waals surface area contributed by atoms with E-state index in [1.54, 1.807) is 4.52 Å². The van der Waals surface area contributed by atoms with E-state index in [4.69, 9.17) is 11.6 Å². The van der Waals surface area contributed by atoms with Gasteiger partial charge in [0.25, 0.3) is 5.78 Å². The largest absolute Gasteiger partial charge is 0.370 e. The van der Waals surface area contributed by atoms with Crippen molar-refractivity contribution in [3.63, 3.8) is 0 Å². The molecule has 2 heterocycles. The van der Waals surface area contributed by atoms with Gasteiger partial charge in [-0.15, -0.1) is 11.6 Å². The molecule has 0 spiro atoms. The first-order valence-electron chi connectivity index (χ1n) is 5.76. The topological polar surface area (TPSA) is 55.1 Å². The molecular weight excluding hydrogens is 238 g/mol. The predicted octanol–water partition coefficient (Wildman–Crippen LogP) is 2.25. The molecule has 0 bridgehead atoms. The molecule has 2 aromatic heterocycles. The van der Waals surface area contributed by atoms with Gasteiger partial charge >= 0.3 is 0 Å². The molecule has 0 saturated heterocycles. The minimum atomic E-state index is 0.219. The average molecular weight is 254 g/mol. The van der Waals surface area contributed by atoms with E-state index in [0.29, 0.717) is 5.78 Å². The second kappa shape index (κ2) is 5.31. The molecule has 1 atom stereocenters. The fourth-order valence-corrected chi connectivity index (χ4v) is 1.73. The molecule has 0 saturated carbocycles. The summed E-state index contributed by atoms with van der Waals surface area (Å²) < 4.78 is 1.70. The van der Waals surface area contributed by atoms with E-state index in [0.717, 1.165) is 30.9 Å². The van der Waals surface area contributed by atoms with E-state index >= 15 is 0 Å². The standard InChI is InChI=1S/C11H16ClN5/c1-3-9(12)4-5-13-10-6-8(2)16-11-14-7-15-17(10)11/h6-7,9,13H,3-5H2,1-2H3. The number of nitrogens with one attached hydrogen (secondary N) is 1. The zero-order chi connectivity index (χ0) is 12.3. The van der Waals surface area contributed by atoms with E-state index in [1.807, 2.05) is 13.0 Å². The summed E-state index contributed by atoms with van der Waals surface area (Å²) in [5.41, 5.74) is 0.922. The fourth-order valence-electron chi connectivity index (χ4n) is 1.62. The number of halogens is 1. The third kappa shape index (κ3) is 2.85. The van der Waals surface area contributed by atoms with E-state index in [2.05, 4.69) is 27.3 Å². The normalized spacial score (nSPS) is 12.9. The lowest BCUT2D eigenvalue weighted by Crippen LogP contribution is -2.11. The van der Waals surface area contributed by atoms with Gasteiger partial charge in [0.15, 0.2) is 0 Å². The van der Waals surface area contributed by atoms with Crippen LogP contribution in [0.3, 0.4) is 0 Å². The molecule has 0 aliphatic rings. The number of aryl methyl sites for hydroxylation is 1. The summed E-state index contributed by atoms with van der Waals surface area (Å²) in [7, 11) is 0. The molecule has 2 rings (SSSR count). The summed E-state index contributed by atoms with van der Waals surface area (Å²) in [6.07, 6.45) is 3.41. The van der Waals surface area contributed by atoms with Gasteiger partial charge in [-0.2, -0.15) is 14.6 Å². The van der Waals surface area contributed by atoms with Crippen LogP contribution in [0.4, 0.5) is 5.82 Å². The number of rotatable bonds is 5. The Kier molecular flexibility index (Phi) is 3.78. The minimum Gasteiger partial charge on any atom is -0.370 e. The highest BCUT2D eigenvalue weighted by molar-refractivity contribution is 6.20. The van der Waals surface area contributed by atoms with Gasteiger partial charge in [-0.3, -0.25) is 0 Å². The van der Waals surface area contributed by atoms with Crippen molar-refractivity contribution in [2.75, 3.05) is 11.9 Å².